The molecule has 0 unspecified atom stereocenters. The second-order valence-electron chi connectivity index (χ2n) is 12.5. The summed E-state index contributed by atoms with van der Waals surface area (Å²) in [5, 5.41) is 6.93. The molecule has 0 radical (unpaired) electrons. The Kier molecular flexibility index (Phi) is 6.18. The summed E-state index contributed by atoms with van der Waals surface area (Å²) in [5.41, 5.74) is 11.1. The summed E-state index contributed by atoms with van der Waals surface area (Å²) in [6.45, 7) is 0. The van der Waals surface area contributed by atoms with Crippen LogP contribution in [0.2, 0.25) is 0 Å². The standard InChI is InChI=1S/C46H29NO2/c1-2-13-34-30(11-1)12-9-17-35(34)31-23-25-32(26-24-31)47(33-27-28-39-37-15-4-7-21-43(37)48-45(39)29-33)42-20-6-3-14-36(42)40-18-10-19-41-38-16-5-8-22-44(38)49-46(40)41/h1-29H. The largest absolute Gasteiger partial charge is 0.456 e. The van der Waals surface area contributed by atoms with Crippen molar-refractivity contribution < 1.29 is 8.83 Å². The van der Waals surface area contributed by atoms with Crippen LogP contribution in [0.25, 0.3) is 76.9 Å². The van der Waals surface area contributed by atoms with E-state index >= 15 is 0 Å². The first kappa shape index (κ1) is 27.5. The fourth-order valence-corrected chi connectivity index (χ4v) is 7.40. The van der Waals surface area contributed by atoms with Crippen molar-refractivity contribution in [1.29, 1.82) is 0 Å². The molecule has 0 N–H and O–H groups in total. The van der Waals surface area contributed by atoms with Gasteiger partial charge in [-0.2, -0.15) is 0 Å². The molecule has 0 spiro atoms. The summed E-state index contributed by atoms with van der Waals surface area (Å²) in [6, 6.07) is 62.0. The Balaban J connectivity index is 1.18. The fraction of sp³-hybridized carbons (Fsp3) is 0. The Bertz CT molecular complexity index is 2830. The molecule has 0 aliphatic heterocycles. The summed E-state index contributed by atoms with van der Waals surface area (Å²) in [6.07, 6.45) is 0. The maximum absolute atomic E-state index is 6.54. The third kappa shape index (κ3) is 4.44. The van der Waals surface area contributed by atoms with Gasteiger partial charge >= 0.3 is 0 Å². The summed E-state index contributed by atoms with van der Waals surface area (Å²) in [4.78, 5) is 2.33. The first-order valence-electron chi connectivity index (χ1n) is 16.6. The van der Waals surface area contributed by atoms with Crippen molar-refractivity contribution in [2.24, 2.45) is 0 Å². The van der Waals surface area contributed by atoms with Gasteiger partial charge in [0, 0.05) is 50.1 Å². The lowest BCUT2D eigenvalue weighted by atomic mass is 9.97. The van der Waals surface area contributed by atoms with Crippen LogP contribution in [0, 0.1) is 0 Å². The Labute approximate surface area is 282 Å². The zero-order valence-corrected chi connectivity index (χ0v) is 26.5. The van der Waals surface area contributed by atoms with Gasteiger partial charge in [-0.15, -0.1) is 0 Å². The number of hydrogen-bond donors (Lipinski definition) is 0. The SMILES string of the molecule is c1ccc(N(c2ccc(-c3cccc4ccccc34)cc2)c2ccc3c(c2)oc2ccccc23)c(-c2cccc3c2oc2ccccc23)c1. The average molecular weight is 628 g/mol. The maximum atomic E-state index is 6.54. The van der Waals surface area contributed by atoms with Crippen LogP contribution in [0.4, 0.5) is 17.1 Å². The number of fused-ring (bicyclic) bond motifs is 7. The molecule has 8 aromatic carbocycles. The summed E-state index contributed by atoms with van der Waals surface area (Å²) in [5.74, 6) is 0. The highest BCUT2D eigenvalue weighted by Crippen LogP contribution is 2.45. The Hall–Kier alpha value is -6.58. The van der Waals surface area contributed by atoms with Crippen molar-refractivity contribution in [3.63, 3.8) is 0 Å². The predicted octanol–water partition coefficient (Wildman–Crippen LogP) is 13.4. The smallest absolute Gasteiger partial charge is 0.143 e. The second kappa shape index (κ2) is 11.0. The molecule has 49 heavy (non-hydrogen) atoms. The van der Waals surface area contributed by atoms with Crippen molar-refractivity contribution in [2.75, 3.05) is 4.90 Å². The van der Waals surface area contributed by atoms with Crippen LogP contribution in [0.3, 0.4) is 0 Å². The van der Waals surface area contributed by atoms with E-state index in [1.165, 1.54) is 21.9 Å². The van der Waals surface area contributed by atoms with E-state index in [1.807, 2.05) is 24.3 Å². The topological polar surface area (TPSA) is 29.5 Å². The minimum atomic E-state index is 0.855. The molecule has 0 fully saturated rings. The molecule has 3 heteroatoms. The lowest BCUT2D eigenvalue weighted by Gasteiger charge is -2.28. The third-order valence-electron chi connectivity index (χ3n) is 9.69. The molecule has 2 aromatic heterocycles. The molecule has 0 bridgehead atoms. The summed E-state index contributed by atoms with van der Waals surface area (Å²) in [7, 11) is 0. The van der Waals surface area contributed by atoms with Crippen LogP contribution >= 0.6 is 0 Å². The molecule has 230 valence electrons. The molecule has 10 aromatic rings. The lowest BCUT2D eigenvalue weighted by molar-refractivity contribution is 0.669. The molecule has 10 rings (SSSR count). The van der Waals surface area contributed by atoms with Gasteiger partial charge < -0.3 is 13.7 Å². The molecule has 0 atom stereocenters. The van der Waals surface area contributed by atoms with E-state index in [2.05, 4.69) is 157 Å². The van der Waals surface area contributed by atoms with E-state index in [0.29, 0.717) is 0 Å². The molecule has 2 heterocycles. The monoisotopic (exact) mass is 627 g/mol. The molecule has 0 saturated heterocycles. The second-order valence-corrected chi connectivity index (χ2v) is 12.5. The van der Waals surface area contributed by atoms with Gasteiger partial charge in [0.2, 0.25) is 0 Å². The highest BCUT2D eigenvalue weighted by atomic mass is 16.3. The molecule has 0 amide bonds. The molecule has 0 aliphatic carbocycles. The fourth-order valence-electron chi connectivity index (χ4n) is 7.40. The van der Waals surface area contributed by atoms with E-state index in [-0.39, 0.29) is 0 Å². The summed E-state index contributed by atoms with van der Waals surface area (Å²) < 4.78 is 12.9. The Morgan fingerprint density at radius 1 is 0.347 bits per heavy atom. The van der Waals surface area contributed by atoms with Crippen molar-refractivity contribution in [3.8, 4) is 22.3 Å². The van der Waals surface area contributed by atoms with E-state index in [1.54, 1.807) is 0 Å². The predicted molar refractivity (Wildman–Crippen MR) is 204 cm³/mol. The van der Waals surface area contributed by atoms with Crippen molar-refractivity contribution in [1.82, 2.24) is 0 Å². The van der Waals surface area contributed by atoms with Crippen LogP contribution in [0.5, 0.6) is 0 Å². The van der Waals surface area contributed by atoms with Crippen LogP contribution in [0.1, 0.15) is 0 Å². The van der Waals surface area contributed by atoms with Crippen LogP contribution < -0.4 is 4.90 Å². The minimum absolute atomic E-state index is 0.855. The van der Waals surface area contributed by atoms with Gasteiger partial charge in [0.25, 0.3) is 0 Å². The third-order valence-corrected chi connectivity index (χ3v) is 9.69. The van der Waals surface area contributed by atoms with E-state index in [9.17, 15) is 0 Å². The van der Waals surface area contributed by atoms with Gasteiger partial charge in [0.1, 0.15) is 22.3 Å². The zero-order valence-electron chi connectivity index (χ0n) is 26.5. The van der Waals surface area contributed by atoms with Gasteiger partial charge in [-0.05, 0) is 64.4 Å². The van der Waals surface area contributed by atoms with Crippen molar-refractivity contribution in [3.05, 3.63) is 176 Å². The van der Waals surface area contributed by atoms with Crippen LogP contribution in [-0.4, -0.2) is 0 Å². The number of para-hydroxylation sites is 4. The number of hydrogen-bond acceptors (Lipinski definition) is 3. The quantitative estimate of drug-likeness (QED) is 0.190. The van der Waals surface area contributed by atoms with Crippen LogP contribution in [-0.2, 0) is 0 Å². The van der Waals surface area contributed by atoms with Gasteiger partial charge in [-0.25, -0.2) is 0 Å². The number of rotatable bonds is 5. The minimum Gasteiger partial charge on any atom is -0.456 e. The molecular formula is C46H29NO2. The van der Waals surface area contributed by atoms with E-state index in [0.717, 1.165) is 72.1 Å². The number of benzene rings is 8. The van der Waals surface area contributed by atoms with Crippen molar-refractivity contribution in [2.45, 2.75) is 0 Å². The summed E-state index contributed by atoms with van der Waals surface area (Å²) >= 11 is 0. The molecule has 3 nitrogen and oxygen atoms in total. The van der Waals surface area contributed by atoms with Gasteiger partial charge in [0.15, 0.2) is 0 Å². The number of nitrogens with zero attached hydrogens (tertiary/aromatic N) is 1. The van der Waals surface area contributed by atoms with E-state index < -0.39 is 0 Å². The average Bonchev–Trinajstić information content (AvgIpc) is 3.74. The molecule has 0 saturated carbocycles. The van der Waals surface area contributed by atoms with Gasteiger partial charge in [-0.3, -0.25) is 0 Å². The zero-order chi connectivity index (χ0) is 32.3. The normalized spacial score (nSPS) is 11.7. The molecular weight excluding hydrogens is 599 g/mol. The van der Waals surface area contributed by atoms with Crippen molar-refractivity contribution >= 4 is 71.7 Å². The van der Waals surface area contributed by atoms with Gasteiger partial charge in [0.05, 0.1) is 5.69 Å². The lowest BCUT2D eigenvalue weighted by Crippen LogP contribution is -2.11. The van der Waals surface area contributed by atoms with E-state index in [4.69, 9.17) is 8.83 Å². The number of furan rings is 2. The first-order valence-corrected chi connectivity index (χ1v) is 16.6. The Morgan fingerprint density at radius 3 is 1.78 bits per heavy atom. The van der Waals surface area contributed by atoms with Crippen LogP contribution in [0.15, 0.2) is 185 Å². The molecule has 0 aliphatic rings. The maximum Gasteiger partial charge on any atom is 0.143 e. The van der Waals surface area contributed by atoms with Gasteiger partial charge in [-0.1, -0.05) is 127 Å². The first-order chi connectivity index (χ1) is 24.3. The number of anilines is 3. The highest BCUT2D eigenvalue weighted by Gasteiger charge is 2.21. The highest BCUT2D eigenvalue weighted by molar-refractivity contribution is 6.11. The Morgan fingerprint density at radius 2 is 0.918 bits per heavy atom.